The smallest absolute Gasteiger partial charge is 0.222 e. The first-order chi connectivity index (χ1) is 8.72. The van der Waals surface area contributed by atoms with Gasteiger partial charge >= 0.3 is 0 Å². The van der Waals surface area contributed by atoms with Gasteiger partial charge in [-0.25, -0.2) is 0 Å². The zero-order valence-electron chi connectivity index (χ0n) is 11.8. The molecule has 0 saturated heterocycles. The van der Waals surface area contributed by atoms with Crippen molar-refractivity contribution >= 4 is 5.91 Å². The van der Waals surface area contributed by atoms with Crippen LogP contribution in [-0.2, 0) is 4.79 Å². The second-order valence-corrected chi connectivity index (χ2v) is 5.24. The first-order valence-corrected chi connectivity index (χ1v) is 7.40. The van der Waals surface area contributed by atoms with E-state index in [4.69, 9.17) is 0 Å². The van der Waals surface area contributed by atoms with Crippen LogP contribution < -0.4 is 0 Å². The van der Waals surface area contributed by atoms with E-state index < -0.39 is 0 Å². The van der Waals surface area contributed by atoms with Crippen molar-refractivity contribution in [3.8, 4) is 6.07 Å². The van der Waals surface area contributed by atoms with Gasteiger partial charge in [0.25, 0.3) is 0 Å². The lowest BCUT2D eigenvalue weighted by atomic mass is 9.79. The maximum absolute atomic E-state index is 11.9. The largest absolute Gasteiger partial charge is 0.343 e. The molecule has 1 fully saturated rings. The number of rotatable bonds is 6. The minimum Gasteiger partial charge on any atom is -0.343 e. The predicted octanol–water partition coefficient (Wildman–Crippen LogP) is 3.36. The third-order valence-corrected chi connectivity index (χ3v) is 4.17. The number of hydrogen-bond donors (Lipinski definition) is 0. The Morgan fingerprint density at radius 2 is 1.89 bits per heavy atom. The van der Waals surface area contributed by atoms with Gasteiger partial charge in [0.1, 0.15) is 0 Å². The van der Waals surface area contributed by atoms with Crippen LogP contribution in [0.15, 0.2) is 0 Å². The van der Waals surface area contributed by atoms with Crippen LogP contribution in [-0.4, -0.2) is 23.9 Å². The summed E-state index contributed by atoms with van der Waals surface area (Å²) in [5.74, 6) is 0.828. The van der Waals surface area contributed by atoms with Crippen molar-refractivity contribution in [3.63, 3.8) is 0 Å². The molecule has 0 aliphatic heterocycles. The van der Waals surface area contributed by atoms with Gasteiger partial charge in [-0.3, -0.25) is 4.79 Å². The Kier molecular flexibility index (Phi) is 6.78. The molecule has 102 valence electrons. The maximum atomic E-state index is 11.9. The average molecular weight is 250 g/mol. The molecule has 0 spiro atoms. The molecular weight excluding hydrogens is 224 g/mol. The Hall–Kier alpha value is -1.04. The normalized spacial score (nSPS) is 18.1. The first kappa shape index (κ1) is 15.0. The van der Waals surface area contributed by atoms with E-state index in [0.717, 1.165) is 19.5 Å². The van der Waals surface area contributed by atoms with E-state index in [1.807, 2.05) is 18.7 Å². The average Bonchev–Trinajstić information content (AvgIpc) is 2.42. The van der Waals surface area contributed by atoms with E-state index in [0.29, 0.717) is 12.3 Å². The Bertz CT molecular complexity index is 285. The highest BCUT2D eigenvalue weighted by molar-refractivity contribution is 5.76. The van der Waals surface area contributed by atoms with Crippen LogP contribution in [0.5, 0.6) is 0 Å². The van der Waals surface area contributed by atoms with Crippen molar-refractivity contribution < 1.29 is 4.79 Å². The van der Waals surface area contributed by atoms with Gasteiger partial charge in [-0.1, -0.05) is 19.3 Å². The fourth-order valence-electron chi connectivity index (χ4n) is 2.96. The Morgan fingerprint density at radius 1 is 1.28 bits per heavy atom. The van der Waals surface area contributed by atoms with Gasteiger partial charge in [0, 0.05) is 25.4 Å². The van der Waals surface area contributed by atoms with Crippen molar-refractivity contribution in [1.82, 2.24) is 4.90 Å². The molecule has 1 unspecified atom stereocenters. The summed E-state index contributed by atoms with van der Waals surface area (Å²) in [6.07, 6.45) is 7.47. The lowest BCUT2D eigenvalue weighted by molar-refractivity contribution is -0.131. The Balaban J connectivity index is 2.39. The molecule has 0 aromatic heterocycles. The maximum Gasteiger partial charge on any atom is 0.222 e. The fourth-order valence-corrected chi connectivity index (χ4v) is 2.96. The van der Waals surface area contributed by atoms with Gasteiger partial charge < -0.3 is 4.90 Å². The number of carbonyl (C=O) groups excluding carboxylic acids is 1. The summed E-state index contributed by atoms with van der Waals surface area (Å²) in [6, 6.07) is 2.43. The molecule has 0 bridgehead atoms. The summed E-state index contributed by atoms with van der Waals surface area (Å²) in [5, 5.41) is 9.27. The van der Waals surface area contributed by atoms with Crippen LogP contribution in [0.1, 0.15) is 58.8 Å². The number of hydrogen-bond acceptors (Lipinski definition) is 2. The molecule has 18 heavy (non-hydrogen) atoms. The van der Waals surface area contributed by atoms with Crippen LogP contribution >= 0.6 is 0 Å². The van der Waals surface area contributed by atoms with Crippen LogP contribution in [0.2, 0.25) is 0 Å². The summed E-state index contributed by atoms with van der Waals surface area (Å²) in [4.78, 5) is 13.8. The number of nitrogens with zero attached hydrogens (tertiary/aromatic N) is 2. The summed E-state index contributed by atoms with van der Waals surface area (Å²) in [7, 11) is 0. The van der Waals surface area contributed by atoms with Crippen molar-refractivity contribution in [2.45, 2.75) is 58.8 Å². The van der Waals surface area contributed by atoms with E-state index >= 15 is 0 Å². The molecule has 0 aromatic rings. The van der Waals surface area contributed by atoms with Crippen molar-refractivity contribution in [2.24, 2.45) is 11.8 Å². The third kappa shape index (κ3) is 4.33. The third-order valence-electron chi connectivity index (χ3n) is 4.17. The molecule has 0 N–H and O–H groups in total. The molecule has 1 aliphatic carbocycles. The summed E-state index contributed by atoms with van der Waals surface area (Å²) in [5.41, 5.74) is 0. The van der Waals surface area contributed by atoms with E-state index in [9.17, 15) is 10.1 Å². The molecule has 1 rings (SSSR count). The second-order valence-electron chi connectivity index (χ2n) is 5.24. The standard InChI is InChI=1S/C15H26N2O/c1-3-17(4-2)15(18)11-10-14(12-16)13-8-6-5-7-9-13/h13-14H,3-11H2,1-2H3. The lowest BCUT2D eigenvalue weighted by Crippen LogP contribution is -2.31. The molecule has 3 nitrogen and oxygen atoms in total. The van der Waals surface area contributed by atoms with Crippen LogP contribution in [0, 0.1) is 23.2 Å². The first-order valence-electron chi connectivity index (χ1n) is 7.40. The van der Waals surface area contributed by atoms with Crippen LogP contribution in [0.4, 0.5) is 0 Å². The highest BCUT2D eigenvalue weighted by Gasteiger charge is 2.24. The highest BCUT2D eigenvalue weighted by atomic mass is 16.2. The van der Waals surface area contributed by atoms with Gasteiger partial charge in [0.05, 0.1) is 6.07 Å². The molecule has 0 heterocycles. The minimum absolute atomic E-state index is 0.0878. The zero-order valence-corrected chi connectivity index (χ0v) is 11.8. The molecule has 1 aliphatic rings. The van der Waals surface area contributed by atoms with Crippen molar-refractivity contribution in [2.75, 3.05) is 13.1 Å². The molecule has 3 heteroatoms. The van der Waals surface area contributed by atoms with Gasteiger partial charge in [-0.15, -0.1) is 0 Å². The summed E-state index contributed by atoms with van der Waals surface area (Å²) in [6.45, 7) is 5.56. The second kappa shape index (κ2) is 8.13. The van der Waals surface area contributed by atoms with Gasteiger partial charge in [0.2, 0.25) is 5.91 Å². The predicted molar refractivity (Wildman–Crippen MR) is 72.8 cm³/mol. The summed E-state index contributed by atoms with van der Waals surface area (Å²) >= 11 is 0. The van der Waals surface area contributed by atoms with Crippen molar-refractivity contribution in [3.05, 3.63) is 0 Å². The topological polar surface area (TPSA) is 44.1 Å². The number of amides is 1. The quantitative estimate of drug-likeness (QED) is 0.725. The molecule has 1 atom stereocenters. The van der Waals surface area contributed by atoms with Gasteiger partial charge in [-0.2, -0.15) is 5.26 Å². The molecule has 0 radical (unpaired) electrons. The Labute approximate surface area is 111 Å². The number of nitriles is 1. The molecule has 1 saturated carbocycles. The van der Waals surface area contributed by atoms with E-state index in [-0.39, 0.29) is 11.8 Å². The minimum atomic E-state index is 0.0878. The van der Waals surface area contributed by atoms with Crippen LogP contribution in [0.25, 0.3) is 0 Å². The van der Waals surface area contributed by atoms with Gasteiger partial charge in [-0.05, 0) is 39.0 Å². The van der Waals surface area contributed by atoms with Crippen molar-refractivity contribution in [1.29, 1.82) is 5.26 Å². The molecular formula is C15H26N2O. The van der Waals surface area contributed by atoms with Gasteiger partial charge in [0.15, 0.2) is 0 Å². The fraction of sp³-hybridized carbons (Fsp3) is 0.867. The SMILES string of the molecule is CCN(CC)C(=O)CCC(C#N)C1CCCCC1. The van der Waals surface area contributed by atoms with Crippen LogP contribution in [0.3, 0.4) is 0 Å². The van der Waals surface area contributed by atoms with E-state index in [2.05, 4.69) is 6.07 Å². The summed E-state index contributed by atoms with van der Waals surface area (Å²) < 4.78 is 0. The molecule has 0 aromatic carbocycles. The molecule has 1 amide bonds. The lowest BCUT2D eigenvalue weighted by Gasteiger charge is -2.26. The van der Waals surface area contributed by atoms with E-state index in [1.54, 1.807) is 0 Å². The number of carbonyl (C=O) groups is 1. The van der Waals surface area contributed by atoms with E-state index in [1.165, 1.54) is 32.1 Å². The monoisotopic (exact) mass is 250 g/mol. The Morgan fingerprint density at radius 3 is 2.39 bits per heavy atom. The highest BCUT2D eigenvalue weighted by Crippen LogP contribution is 2.32. The zero-order chi connectivity index (χ0) is 13.4.